The maximum absolute atomic E-state index is 4.34. The lowest BCUT2D eigenvalue weighted by Gasteiger charge is -2.13. The molecule has 0 spiro atoms. The van der Waals surface area contributed by atoms with Gasteiger partial charge in [0.05, 0.1) is 5.69 Å². The van der Waals surface area contributed by atoms with Crippen LogP contribution in [-0.2, 0) is 6.54 Å². The highest BCUT2D eigenvalue weighted by Gasteiger charge is 2.05. The van der Waals surface area contributed by atoms with Gasteiger partial charge in [-0.1, -0.05) is 34.1 Å². The highest BCUT2D eigenvalue weighted by molar-refractivity contribution is 9.10. The number of benzene rings is 1. The summed E-state index contributed by atoms with van der Waals surface area (Å²) in [6, 6.07) is 14.6. The third-order valence-electron chi connectivity index (χ3n) is 2.63. The van der Waals surface area contributed by atoms with E-state index in [1.807, 2.05) is 36.5 Å². The van der Waals surface area contributed by atoms with Crippen molar-refractivity contribution >= 4 is 15.9 Å². The van der Waals surface area contributed by atoms with E-state index < -0.39 is 0 Å². The van der Waals surface area contributed by atoms with Gasteiger partial charge in [0, 0.05) is 23.3 Å². The van der Waals surface area contributed by atoms with Crippen LogP contribution < -0.4 is 5.32 Å². The summed E-state index contributed by atoms with van der Waals surface area (Å²) < 4.78 is 1.11. The Morgan fingerprint density at radius 1 is 1.24 bits per heavy atom. The monoisotopic (exact) mass is 290 g/mol. The van der Waals surface area contributed by atoms with Crippen molar-refractivity contribution in [1.82, 2.24) is 10.3 Å². The van der Waals surface area contributed by atoms with Gasteiger partial charge < -0.3 is 5.32 Å². The highest BCUT2D eigenvalue weighted by atomic mass is 79.9. The first kappa shape index (κ1) is 12.3. The van der Waals surface area contributed by atoms with Crippen LogP contribution in [0.4, 0.5) is 0 Å². The first-order valence-electron chi connectivity index (χ1n) is 5.64. The van der Waals surface area contributed by atoms with E-state index >= 15 is 0 Å². The van der Waals surface area contributed by atoms with Crippen LogP contribution in [0.5, 0.6) is 0 Å². The largest absolute Gasteiger partial charge is 0.305 e. The number of aromatic nitrogens is 1. The minimum absolute atomic E-state index is 0.259. The second-order valence-electron chi connectivity index (χ2n) is 3.99. The summed E-state index contributed by atoms with van der Waals surface area (Å²) in [6.45, 7) is 2.97. The molecule has 1 aromatic heterocycles. The number of nitrogens with one attached hydrogen (secondary N) is 1. The van der Waals surface area contributed by atoms with Gasteiger partial charge in [0.2, 0.25) is 0 Å². The van der Waals surface area contributed by atoms with Crippen LogP contribution in [0.2, 0.25) is 0 Å². The summed E-state index contributed by atoms with van der Waals surface area (Å²) in [5.74, 6) is 0. The molecule has 0 aliphatic rings. The van der Waals surface area contributed by atoms with Crippen LogP contribution in [0.25, 0.3) is 0 Å². The van der Waals surface area contributed by atoms with Crippen molar-refractivity contribution in [2.24, 2.45) is 0 Å². The van der Waals surface area contributed by atoms with Crippen LogP contribution >= 0.6 is 15.9 Å². The van der Waals surface area contributed by atoms with E-state index in [-0.39, 0.29) is 6.04 Å². The Morgan fingerprint density at radius 3 is 2.82 bits per heavy atom. The molecule has 1 heterocycles. The Balaban J connectivity index is 1.95. The van der Waals surface area contributed by atoms with E-state index in [2.05, 4.69) is 45.3 Å². The maximum atomic E-state index is 4.34. The van der Waals surface area contributed by atoms with E-state index in [4.69, 9.17) is 0 Å². The molecule has 2 nitrogen and oxygen atoms in total. The van der Waals surface area contributed by atoms with Crippen molar-refractivity contribution in [3.8, 4) is 0 Å². The molecular weight excluding hydrogens is 276 g/mol. The summed E-state index contributed by atoms with van der Waals surface area (Å²) >= 11 is 3.47. The fraction of sp³-hybridized carbons (Fsp3) is 0.214. The summed E-state index contributed by atoms with van der Waals surface area (Å²) in [5.41, 5.74) is 2.34. The number of rotatable bonds is 4. The van der Waals surface area contributed by atoms with Gasteiger partial charge in [-0.2, -0.15) is 0 Å². The fourth-order valence-electron chi connectivity index (χ4n) is 1.65. The molecule has 0 aliphatic carbocycles. The van der Waals surface area contributed by atoms with Crippen LogP contribution in [0, 0.1) is 0 Å². The molecule has 0 saturated carbocycles. The average Bonchev–Trinajstić information content (AvgIpc) is 2.37. The van der Waals surface area contributed by atoms with Gasteiger partial charge in [0.25, 0.3) is 0 Å². The van der Waals surface area contributed by atoms with Crippen molar-refractivity contribution in [2.45, 2.75) is 19.5 Å². The van der Waals surface area contributed by atoms with Gasteiger partial charge in [0.1, 0.15) is 0 Å². The molecule has 2 aromatic rings. The third-order valence-corrected chi connectivity index (χ3v) is 3.13. The molecule has 17 heavy (non-hydrogen) atoms. The van der Waals surface area contributed by atoms with Gasteiger partial charge in [-0.25, -0.2) is 0 Å². The molecular formula is C14H15BrN2. The first-order chi connectivity index (χ1) is 8.25. The minimum atomic E-state index is 0.259. The Labute approximate surface area is 110 Å². The molecule has 2 rings (SSSR count). The predicted molar refractivity (Wildman–Crippen MR) is 73.6 cm³/mol. The number of hydrogen-bond donors (Lipinski definition) is 1. The van der Waals surface area contributed by atoms with E-state index in [1.165, 1.54) is 5.56 Å². The SMILES string of the molecule is C[C@@H](NCc1cccc(Br)c1)c1ccccn1. The molecule has 0 unspecified atom stereocenters. The first-order valence-corrected chi connectivity index (χ1v) is 6.44. The van der Waals surface area contributed by atoms with Crippen LogP contribution in [0.3, 0.4) is 0 Å². The quantitative estimate of drug-likeness (QED) is 0.929. The van der Waals surface area contributed by atoms with E-state index in [1.54, 1.807) is 0 Å². The number of hydrogen-bond acceptors (Lipinski definition) is 2. The number of nitrogens with zero attached hydrogens (tertiary/aromatic N) is 1. The molecule has 0 amide bonds. The molecule has 0 saturated heterocycles. The van der Waals surface area contributed by atoms with Gasteiger partial charge in [0.15, 0.2) is 0 Å². The van der Waals surface area contributed by atoms with E-state index in [0.717, 1.165) is 16.7 Å². The molecule has 0 bridgehead atoms. The molecule has 0 fully saturated rings. The average molecular weight is 291 g/mol. The lowest BCUT2D eigenvalue weighted by Crippen LogP contribution is -2.18. The van der Waals surface area contributed by atoms with Crippen molar-refractivity contribution in [2.75, 3.05) is 0 Å². The molecule has 0 radical (unpaired) electrons. The Kier molecular flexibility index (Phi) is 4.29. The Bertz CT molecular complexity index is 471. The third kappa shape index (κ3) is 3.65. The molecule has 88 valence electrons. The second kappa shape index (κ2) is 5.94. The normalized spacial score (nSPS) is 12.4. The molecule has 1 aromatic carbocycles. The van der Waals surface area contributed by atoms with E-state index in [9.17, 15) is 0 Å². The highest BCUT2D eigenvalue weighted by Crippen LogP contribution is 2.13. The van der Waals surface area contributed by atoms with Gasteiger partial charge >= 0.3 is 0 Å². The molecule has 1 N–H and O–H groups in total. The topological polar surface area (TPSA) is 24.9 Å². The lowest BCUT2D eigenvalue weighted by molar-refractivity contribution is 0.561. The standard InChI is InChI=1S/C14H15BrN2/c1-11(14-7-2-3-8-16-14)17-10-12-5-4-6-13(15)9-12/h2-9,11,17H,10H2,1H3/t11-/m1/s1. The zero-order valence-electron chi connectivity index (χ0n) is 9.73. The van der Waals surface area contributed by atoms with Gasteiger partial charge in [-0.3, -0.25) is 4.98 Å². The summed E-state index contributed by atoms with van der Waals surface area (Å²) in [4.78, 5) is 4.34. The lowest BCUT2D eigenvalue weighted by atomic mass is 10.2. The van der Waals surface area contributed by atoms with Crippen LogP contribution in [-0.4, -0.2) is 4.98 Å². The van der Waals surface area contributed by atoms with Crippen LogP contribution in [0.1, 0.15) is 24.2 Å². The summed E-state index contributed by atoms with van der Waals surface area (Å²) in [7, 11) is 0. The van der Waals surface area contributed by atoms with Gasteiger partial charge in [-0.05, 0) is 36.8 Å². The van der Waals surface area contributed by atoms with E-state index in [0.29, 0.717) is 0 Å². The zero-order valence-corrected chi connectivity index (χ0v) is 11.3. The minimum Gasteiger partial charge on any atom is -0.305 e. The van der Waals surface area contributed by atoms with Crippen molar-refractivity contribution in [3.63, 3.8) is 0 Å². The summed E-state index contributed by atoms with van der Waals surface area (Å²) in [5, 5.41) is 3.46. The van der Waals surface area contributed by atoms with Crippen molar-refractivity contribution in [1.29, 1.82) is 0 Å². The van der Waals surface area contributed by atoms with Crippen molar-refractivity contribution < 1.29 is 0 Å². The number of pyridine rings is 1. The molecule has 3 heteroatoms. The molecule has 0 aliphatic heterocycles. The second-order valence-corrected chi connectivity index (χ2v) is 4.90. The van der Waals surface area contributed by atoms with Gasteiger partial charge in [-0.15, -0.1) is 0 Å². The smallest absolute Gasteiger partial charge is 0.0570 e. The zero-order chi connectivity index (χ0) is 12.1. The maximum Gasteiger partial charge on any atom is 0.0570 e. The Hall–Kier alpha value is -1.19. The molecule has 1 atom stereocenters. The predicted octanol–water partition coefficient (Wildman–Crippen LogP) is 3.69. The van der Waals surface area contributed by atoms with Crippen LogP contribution in [0.15, 0.2) is 53.1 Å². The summed E-state index contributed by atoms with van der Waals surface area (Å²) in [6.07, 6.45) is 1.83. The number of halogens is 1. The van der Waals surface area contributed by atoms with Crippen molar-refractivity contribution in [3.05, 3.63) is 64.4 Å². The fourth-order valence-corrected chi connectivity index (χ4v) is 2.10. The Morgan fingerprint density at radius 2 is 2.12 bits per heavy atom.